The first-order chi connectivity index (χ1) is 15.9. The second-order valence-electron chi connectivity index (χ2n) is 7.69. The molecule has 0 fully saturated rings. The number of carbonyl (C=O) groups excluding carboxylic acids is 1. The van der Waals surface area contributed by atoms with E-state index >= 15 is 0 Å². The minimum Gasteiger partial charge on any atom is -0.452 e. The van der Waals surface area contributed by atoms with Crippen molar-refractivity contribution in [3.05, 3.63) is 93.6 Å². The Balaban J connectivity index is 1.37. The summed E-state index contributed by atoms with van der Waals surface area (Å²) in [4.78, 5) is 16.5. The normalized spacial score (nSPS) is 11.3. The van der Waals surface area contributed by atoms with Gasteiger partial charge in [-0.2, -0.15) is 10.1 Å². The number of benzene rings is 2. The molecule has 0 bridgehead atoms. The van der Waals surface area contributed by atoms with Gasteiger partial charge in [-0.25, -0.2) is 4.79 Å². The van der Waals surface area contributed by atoms with E-state index < -0.39 is 5.97 Å². The molecule has 2 aromatic carbocycles. The SMILES string of the molecule is Cc1ccc(Cn2nc(C)c(/C=C/C(=O)OCc3nc(-c4cccc(Cl)c4)no3)c2C)cc1. The fourth-order valence-electron chi connectivity index (χ4n) is 3.36. The van der Waals surface area contributed by atoms with Gasteiger partial charge in [-0.05, 0) is 44.5 Å². The molecule has 4 rings (SSSR count). The predicted molar refractivity (Wildman–Crippen MR) is 126 cm³/mol. The average molecular weight is 463 g/mol. The monoisotopic (exact) mass is 462 g/mol. The molecule has 2 aromatic heterocycles. The van der Waals surface area contributed by atoms with Crippen molar-refractivity contribution >= 4 is 23.6 Å². The predicted octanol–water partition coefficient (Wildman–Crippen LogP) is 5.32. The molecule has 0 aliphatic carbocycles. The Morgan fingerprint density at radius 3 is 2.70 bits per heavy atom. The molecule has 0 saturated carbocycles. The summed E-state index contributed by atoms with van der Waals surface area (Å²) in [6, 6.07) is 15.5. The fourth-order valence-corrected chi connectivity index (χ4v) is 3.55. The number of esters is 1. The molecule has 0 radical (unpaired) electrons. The second-order valence-corrected chi connectivity index (χ2v) is 8.13. The zero-order valence-corrected chi connectivity index (χ0v) is 19.3. The van der Waals surface area contributed by atoms with Crippen LogP contribution in [0.1, 0.15) is 34.0 Å². The van der Waals surface area contributed by atoms with E-state index in [2.05, 4.69) is 46.4 Å². The lowest BCUT2D eigenvalue weighted by molar-refractivity contribution is -0.139. The number of aromatic nitrogens is 4. The van der Waals surface area contributed by atoms with E-state index in [1.54, 1.807) is 24.3 Å². The van der Waals surface area contributed by atoms with Crippen LogP contribution in [0.4, 0.5) is 0 Å². The lowest BCUT2D eigenvalue weighted by atomic mass is 10.1. The first-order valence-corrected chi connectivity index (χ1v) is 10.8. The molecule has 0 aliphatic rings. The molecule has 0 aliphatic heterocycles. The molecular weight excluding hydrogens is 440 g/mol. The van der Waals surface area contributed by atoms with Crippen LogP contribution in [0.2, 0.25) is 5.02 Å². The molecule has 0 N–H and O–H groups in total. The summed E-state index contributed by atoms with van der Waals surface area (Å²) >= 11 is 5.99. The van der Waals surface area contributed by atoms with Crippen molar-refractivity contribution in [1.82, 2.24) is 19.9 Å². The molecule has 33 heavy (non-hydrogen) atoms. The molecule has 2 heterocycles. The molecule has 168 valence electrons. The summed E-state index contributed by atoms with van der Waals surface area (Å²) in [5, 5.41) is 9.08. The zero-order chi connectivity index (χ0) is 23.4. The number of aryl methyl sites for hydroxylation is 2. The first-order valence-electron chi connectivity index (χ1n) is 10.4. The fraction of sp³-hybridized carbons (Fsp3) is 0.200. The highest BCUT2D eigenvalue weighted by Gasteiger charge is 2.12. The van der Waals surface area contributed by atoms with Crippen LogP contribution in [-0.4, -0.2) is 25.9 Å². The van der Waals surface area contributed by atoms with Gasteiger partial charge in [0.2, 0.25) is 5.82 Å². The van der Waals surface area contributed by atoms with Gasteiger partial charge >= 0.3 is 5.97 Å². The van der Waals surface area contributed by atoms with E-state index in [1.165, 1.54) is 11.6 Å². The maximum absolute atomic E-state index is 12.2. The van der Waals surface area contributed by atoms with Crippen LogP contribution in [0.5, 0.6) is 0 Å². The van der Waals surface area contributed by atoms with Crippen molar-refractivity contribution in [2.24, 2.45) is 0 Å². The van der Waals surface area contributed by atoms with E-state index in [9.17, 15) is 4.79 Å². The molecule has 0 amide bonds. The highest BCUT2D eigenvalue weighted by molar-refractivity contribution is 6.30. The van der Waals surface area contributed by atoms with Crippen LogP contribution >= 0.6 is 11.6 Å². The molecular formula is C25H23ClN4O3. The third-order valence-corrected chi connectivity index (χ3v) is 5.40. The van der Waals surface area contributed by atoms with Crippen LogP contribution in [0.25, 0.3) is 17.5 Å². The van der Waals surface area contributed by atoms with Gasteiger partial charge in [-0.3, -0.25) is 4.68 Å². The van der Waals surface area contributed by atoms with E-state index in [0.29, 0.717) is 17.4 Å². The minimum atomic E-state index is -0.511. The number of halogens is 1. The third kappa shape index (κ3) is 5.56. The number of hydrogen-bond acceptors (Lipinski definition) is 6. The Hall–Kier alpha value is -3.71. The summed E-state index contributed by atoms with van der Waals surface area (Å²) in [5.41, 5.74) is 5.80. The maximum atomic E-state index is 12.2. The molecule has 8 heteroatoms. The molecule has 0 spiro atoms. The smallest absolute Gasteiger partial charge is 0.331 e. The van der Waals surface area contributed by atoms with Crippen molar-refractivity contribution in [2.75, 3.05) is 0 Å². The van der Waals surface area contributed by atoms with Crippen molar-refractivity contribution in [3.8, 4) is 11.4 Å². The summed E-state index contributed by atoms with van der Waals surface area (Å²) in [7, 11) is 0. The standard InChI is InChI=1S/C25H23ClN4O3/c1-16-7-9-19(10-8-16)14-30-18(3)22(17(2)28-30)11-12-24(31)32-15-23-27-25(29-33-23)20-5-4-6-21(26)13-20/h4-13H,14-15H2,1-3H3/b12-11+. The molecule has 4 aromatic rings. The van der Waals surface area contributed by atoms with Gasteiger partial charge < -0.3 is 9.26 Å². The molecule has 0 unspecified atom stereocenters. The Kier molecular flexibility index (Phi) is 6.70. The van der Waals surface area contributed by atoms with Gasteiger partial charge in [0, 0.05) is 27.9 Å². The zero-order valence-electron chi connectivity index (χ0n) is 18.6. The van der Waals surface area contributed by atoms with E-state index in [0.717, 1.165) is 28.1 Å². The van der Waals surface area contributed by atoms with Gasteiger partial charge in [0.05, 0.1) is 12.2 Å². The number of ether oxygens (including phenoxy) is 1. The average Bonchev–Trinajstić information content (AvgIpc) is 3.37. The second kappa shape index (κ2) is 9.83. The van der Waals surface area contributed by atoms with E-state index in [1.807, 2.05) is 24.6 Å². The molecule has 7 nitrogen and oxygen atoms in total. The van der Waals surface area contributed by atoms with Gasteiger partial charge in [0.25, 0.3) is 5.89 Å². The quantitative estimate of drug-likeness (QED) is 0.273. The van der Waals surface area contributed by atoms with Crippen LogP contribution in [0, 0.1) is 20.8 Å². The third-order valence-electron chi connectivity index (χ3n) is 5.17. The first kappa shape index (κ1) is 22.5. The summed E-state index contributed by atoms with van der Waals surface area (Å²) < 4.78 is 12.3. The van der Waals surface area contributed by atoms with Crippen LogP contribution in [-0.2, 0) is 22.7 Å². The largest absolute Gasteiger partial charge is 0.452 e. The highest BCUT2D eigenvalue weighted by Crippen LogP contribution is 2.20. The summed E-state index contributed by atoms with van der Waals surface area (Å²) in [6.45, 7) is 6.50. The van der Waals surface area contributed by atoms with E-state index in [4.69, 9.17) is 20.9 Å². The van der Waals surface area contributed by atoms with Gasteiger partial charge in [-0.15, -0.1) is 0 Å². The summed E-state index contributed by atoms with van der Waals surface area (Å²) in [6.07, 6.45) is 3.10. The molecule has 0 atom stereocenters. The van der Waals surface area contributed by atoms with Crippen molar-refractivity contribution in [1.29, 1.82) is 0 Å². The lowest BCUT2D eigenvalue weighted by Gasteiger charge is -2.05. The van der Waals surface area contributed by atoms with Crippen LogP contribution in [0.3, 0.4) is 0 Å². The highest BCUT2D eigenvalue weighted by atomic mass is 35.5. The van der Waals surface area contributed by atoms with Gasteiger partial charge in [0.15, 0.2) is 6.61 Å². The molecule has 0 saturated heterocycles. The lowest BCUT2D eigenvalue weighted by Crippen LogP contribution is -2.04. The van der Waals surface area contributed by atoms with Gasteiger partial charge in [0.1, 0.15) is 0 Å². The number of rotatable bonds is 7. The van der Waals surface area contributed by atoms with Crippen LogP contribution < -0.4 is 0 Å². The Morgan fingerprint density at radius 1 is 1.15 bits per heavy atom. The minimum absolute atomic E-state index is 0.124. The topological polar surface area (TPSA) is 83.0 Å². The number of hydrogen-bond donors (Lipinski definition) is 0. The van der Waals surface area contributed by atoms with Crippen LogP contribution in [0.15, 0.2) is 59.1 Å². The van der Waals surface area contributed by atoms with Crippen molar-refractivity contribution in [3.63, 3.8) is 0 Å². The Bertz CT molecular complexity index is 1310. The summed E-state index contributed by atoms with van der Waals surface area (Å²) in [5.74, 6) is 0.0684. The van der Waals surface area contributed by atoms with Crippen molar-refractivity contribution < 1.29 is 14.1 Å². The maximum Gasteiger partial charge on any atom is 0.331 e. The Labute approximate surface area is 196 Å². The van der Waals surface area contributed by atoms with E-state index in [-0.39, 0.29) is 12.5 Å². The number of nitrogens with zero attached hydrogens (tertiary/aromatic N) is 4. The van der Waals surface area contributed by atoms with Crippen molar-refractivity contribution in [2.45, 2.75) is 33.9 Å². The Morgan fingerprint density at radius 2 is 1.94 bits per heavy atom. The van der Waals surface area contributed by atoms with Gasteiger partial charge in [-0.1, -0.05) is 58.7 Å². The number of carbonyl (C=O) groups is 1.